The molecule has 1 amide bonds. The molecule has 0 aliphatic heterocycles. The highest BCUT2D eigenvalue weighted by atomic mass is 16.5. The Bertz CT molecular complexity index is 632. The maximum atomic E-state index is 12.1. The molecule has 0 spiro atoms. The molecule has 2 rings (SSSR count). The van der Waals surface area contributed by atoms with Crippen molar-refractivity contribution in [2.75, 3.05) is 33.3 Å². The zero-order chi connectivity index (χ0) is 16.7. The molecule has 0 saturated carbocycles. The molecule has 0 aliphatic carbocycles. The van der Waals surface area contributed by atoms with Gasteiger partial charge in [0.15, 0.2) is 0 Å². The maximum absolute atomic E-state index is 12.1. The van der Waals surface area contributed by atoms with Gasteiger partial charge in [-0.05, 0) is 38.2 Å². The molecule has 1 heterocycles. The second-order valence-corrected chi connectivity index (χ2v) is 5.53. The number of nitrogens with one attached hydrogen (secondary N) is 1. The van der Waals surface area contributed by atoms with Gasteiger partial charge in [-0.3, -0.25) is 4.79 Å². The maximum Gasteiger partial charge on any atom is 0.224 e. The third kappa shape index (κ3) is 4.73. The van der Waals surface area contributed by atoms with E-state index in [0.29, 0.717) is 13.0 Å². The van der Waals surface area contributed by atoms with E-state index >= 15 is 0 Å². The first-order valence-electron chi connectivity index (χ1n) is 8.21. The number of benzene rings is 1. The molecule has 0 saturated heterocycles. The lowest BCUT2D eigenvalue weighted by atomic mass is 10.1. The summed E-state index contributed by atoms with van der Waals surface area (Å²) in [4.78, 5) is 14.4. The molecule has 0 unspecified atom stereocenters. The minimum Gasteiger partial charge on any atom is -0.497 e. The van der Waals surface area contributed by atoms with Crippen LogP contribution in [0, 0.1) is 0 Å². The van der Waals surface area contributed by atoms with Gasteiger partial charge in [-0.15, -0.1) is 0 Å². The number of carbonyl (C=O) groups excluding carboxylic acids is 1. The van der Waals surface area contributed by atoms with Crippen LogP contribution < -0.4 is 10.1 Å². The summed E-state index contributed by atoms with van der Waals surface area (Å²) >= 11 is 0. The van der Waals surface area contributed by atoms with E-state index in [1.165, 1.54) is 0 Å². The minimum absolute atomic E-state index is 0.0306. The lowest BCUT2D eigenvalue weighted by molar-refractivity contribution is -0.120. The fourth-order valence-corrected chi connectivity index (χ4v) is 2.63. The molecule has 0 radical (unpaired) electrons. The van der Waals surface area contributed by atoms with Crippen molar-refractivity contribution in [3.63, 3.8) is 0 Å². The van der Waals surface area contributed by atoms with Crippen LogP contribution in [0.25, 0.3) is 11.0 Å². The van der Waals surface area contributed by atoms with Gasteiger partial charge in [0.1, 0.15) is 11.3 Å². The van der Waals surface area contributed by atoms with E-state index in [9.17, 15) is 4.79 Å². The SMILES string of the molecule is CCN(CC)CCCNC(=O)Cc1coc2cc(OC)ccc12. The highest BCUT2D eigenvalue weighted by molar-refractivity contribution is 5.88. The van der Waals surface area contributed by atoms with E-state index in [2.05, 4.69) is 24.1 Å². The molecular formula is C18H26N2O3. The Kier molecular flexibility index (Phi) is 6.47. The number of amides is 1. The van der Waals surface area contributed by atoms with Gasteiger partial charge in [0, 0.05) is 23.6 Å². The molecule has 1 N–H and O–H groups in total. The van der Waals surface area contributed by atoms with Crippen LogP contribution >= 0.6 is 0 Å². The van der Waals surface area contributed by atoms with Crippen molar-refractivity contribution in [2.24, 2.45) is 0 Å². The van der Waals surface area contributed by atoms with Gasteiger partial charge < -0.3 is 19.4 Å². The third-order valence-electron chi connectivity index (χ3n) is 4.08. The Morgan fingerprint density at radius 3 is 2.78 bits per heavy atom. The third-order valence-corrected chi connectivity index (χ3v) is 4.08. The molecular weight excluding hydrogens is 292 g/mol. The molecule has 0 bridgehead atoms. The van der Waals surface area contributed by atoms with Crippen molar-refractivity contribution >= 4 is 16.9 Å². The number of ether oxygens (including phenoxy) is 1. The number of fused-ring (bicyclic) bond motifs is 1. The van der Waals surface area contributed by atoms with Crippen LogP contribution in [0.15, 0.2) is 28.9 Å². The van der Waals surface area contributed by atoms with Crippen molar-refractivity contribution in [3.05, 3.63) is 30.0 Å². The van der Waals surface area contributed by atoms with Crippen molar-refractivity contribution in [1.82, 2.24) is 10.2 Å². The van der Waals surface area contributed by atoms with Crippen molar-refractivity contribution in [2.45, 2.75) is 26.7 Å². The molecule has 0 atom stereocenters. The molecule has 5 heteroatoms. The number of hydrogen-bond donors (Lipinski definition) is 1. The molecule has 0 aliphatic rings. The Hall–Kier alpha value is -2.01. The van der Waals surface area contributed by atoms with Crippen LogP contribution in [0.1, 0.15) is 25.8 Å². The number of furan rings is 1. The average molecular weight is 318 g/mol. The van der Waals surface area contributed by atoms with E-state index < -0.39 is 0 Å². The van der Waals surface area contributed by atoms with Crippen LogP contribution in [-0.4, -0.2) is 44.1 Å². The van der Waals surface area contributed by atoms with Gasteiger partial charge >= 0.3 is 0 Å². The van der Waals surface area contributed by atoms with Gasteiger partial charge in [0.2, 0.25) is 5.91 Å². The predicted molar refractivity (Wildman–Crippen MR) is 91.9 cm³/mol. The van der Waals surface area contributed by atoms with E-state index in [1.54, 1.807) is 13.4 Å². The lowest BCUT2D eigenvalue weighted by Gasteiger charge is -2.17. The Morgan fingerprint density at radius 1 is 1.30 bits per heavy atom. The minimum atomic E-state index is 0.0306. The Balaban J connectivity index is 1.83. The number of methoxy groups -OCH3 is 1. The topological polar surface area (TPSA) is 54.7 Å². The molecule has 126 valence electrons. The highest BCUT2D eigenvalue weighted by Gasteiger charge is 2.11. The summed E-state index contributed by atoms with van der Waals surface area (Å²) in [6.45, 7) is 8.13. The van der Waals surface area contributed by atoms with Crippen LogP contribution in [0.5, 0.6) is 5.75 Å². The summed E-state index contributed by atoms with van der Waals surface area (Å²) < 4.78 is 10.7. The average Bonchev–Trinajstić information content (AvgIpc) is 2.97. The number of carbonyl (C=O) groups is 1. The number of rotatable bonds is 9. The van der Waals surface area contributed by atoms with Crippen molar-refractivity contribution < 1.29 is 13.9 Å². The van der Waals surface area contributed by atoms with Crippen LogP contribution in [0.3, 0.4) is 0 Å². The molecule has 2 aromatic rings. The van der Waals surface area contributed by atoms with Gasteiger partial charge in [0.05, 0.1) is 19.8 Å². The monoisotopic (exact) mass is 318 g/mol. The summed E-state index contributed by atoms with van der Waals surface area (Å²) in [7, 11) is 1.62. The fourth-order valence-electron chi connectivity index (χ4n) is 2.63. The smallest absolute Gasteiger partial charge is 0.224 e. The van der Waals surface area contributed by atoms with E-state index in [1.807, 2.05) is 18.2 Å². The van der Waals surface area contributed by atoms with E-state index in [0.717, 1.165) is 48.3 Å². The van der Waals surface area contributed by atoms with Gasteiger partial charge in [-0.2, -0.15) is 0 Å². The molecule has 23 heavy (non-hydrogen) atoms. The second kappa shape index (κ2) is 8.58. The van der Waals surface area contributed by atoms with Gasteiger partial charge in [-0.25, -0.2) is 0 Å². The molecule has 0 fully saturated rings. The normalized spacial score (nSPS) is 11.1. The lowest BCUT2D eigenvalue weighted by Crippen LogP contribution is -2.30. The van der Waals surface area contributed by atoms with Crippen LogP contribution in [0.2, 0.25) is 0 Å². The van der Waals surface area contributed by atoms with E-state index in [4.69, 9.17) is 9.15 Å². The van der Waals surface area contributed by atoms with Crippen molar-refractivity contribution in [3.8, 4) is 5.75 Å². The molecule has 1 aromatic heterocycles. The van der Waals surface area contributed by atoms with E-state index in [-0.39, 0.29) is 5.91 Å². The van der Waals surface area contributed by atoms with Crippen LogP contribution in [-0.2, 0) is 11.2 Å². The molecule has 1 aromatic carbocycles. The van der Waals surface area contributed by atoms with Gasteiger partial charge in [-0.1, -0.05) is 13.8 Å². The zero-order valence-electron chi connectivity index (χ0n) is 14.2. The fraction of sp³-hybridized carbons (Fsp3) is 0.500. The summed E-state index contributed by atoms with van der Waals surface area (Å²) in [6, 6.07) is 5.64. The Labute approximate surface area is 137 Å². The second-order valence-electron chi connectivity index (χ2n) is 5.53. The summed E-state index contributed by atoms with van der Waals surface area (Å²) in [6.07, 6.45) is 2.96. The quantitative estimate of drug-likeness (QED) is 0.722. The zero-order valence-corrected chi connectivity index (χ0v) is 14.2. The Morgan fingerprint density at radius 2 is 2.09 bits per heavy atom. The predicted octanol–water partition coefficient (Wildman–Crippen LogP) is 2.83. The van der Waals surface area contributed by atoms with Crippen LogP contribution in [0.4, 0.5) is 0 Å². The molecule has 5 nitrogen and oxygen atoms in total. The first kappa shape index (κ1) is 17.3. The summed E-state index contributed by atoms with van der Waals surface area (Å²) in [5, 5.41) is 3.94. The number of hydrogen-bond acceptors (Lipinski definition) is 4. The number of nitrogens with zero attached hydrogens (tertiary/aromatic N) is 1. The highest BCUT2D eigenvalue weighted by Crippen LogP contribution is 2.25. The summed E-state index contributed by atoms with van der Waals surface area (Å²) in [5.74, 6) is 0.780. The summed E-state index contributed by atoms with van der Waals surface area (Å²) in [5.41, 5.74) is 1.65. The standard InChI is InChI=1S/C18H26N2O3/c1-4-20(5-2)10-6-9-19-18(21)11-14-13-23-17-12-15(22-3)7-8-16(14)17/h7-8,12-13H,4-6,9-11H2,1-3H3,(H,19,21). The first-order valence-corrected chi connectivity index (χ1v) is 8.21. The first-order chi connectivity index (χ1) is 11.2. The largest absolute Gasteiger partial charge is 0.497 e. The van der Waals surface area contributed by atoms with Crippen molar-refractivity contribution in [1.29, 1.82) is 0 Å². The van der Waals surface area contributed by atoms with Gasteiger partial charge in [0.25, 0.3) is 0 Å².